The Kier molecular flexibility index (Phi) is 4.41. The van der Waals surface area contributed by atoms with Crippen LogP contribution in [0.2, 0.25) is 0 Å². The van der Waals surface area contributed by atoms with E-state index in [1.165, 1.54) is 0 Å². The molecular weight excluding hydrogens is 240 g/mol. The van der Waals surface area contributed by atoms with Gasteiger partial charge >= 0.3 is 0 Å². The van der Waals surface area contributed by atoms with Gasteiger partial charge in [-0.15, -0.1) is 0 Å². The fourth-order valence-electron chi connectivity index (χ4n) is 2.53. The summed E-state index contributed by atoms with van der Waals surface area (Å²) in [5, 5.41) is 19.0. The molecule has 1 fully saturated rings. The number of aliphatic hydroxyl groups excluding tert-OH is 1. The van der Waals surface area contributed by atoms with Crippen LogP contribution in [0.1, 0.15) is 37.5 Å². The van der Waals surface area contributed by atoms with Crippen molar-refractivity contribution in [3.63, 3.8) is 0 Å². The van der Waals surface area contributed by atoms with E-state index in [1.54, 1.807) is 13.0 Å². The number of aliphatic hydroxyl groups is 1. The summed E-state index contributed by atoms with van der Waals surface area (Å²) in [5.74, 6) is 0. The molecule has 0 aromatic heterocycles. The predicted octanol–water partition coefficient (Wildman–Crippen LogP) is 2.23. The number of ether oxygens (including phenoxy) is 1. The molecule has 0 amide bonds. The highest BCUT2D eigenvalue weighted by molar-refractivity contribution is 5.59. The van der Waals surface area contributed by atoms with Gasteiger partial charge in [-0.3, -0.25) is 0 Å². The highest BCUT2D eigenvalue weighted by Gasteiger charge is 2.24. The minimum absolute atomic E-state index is 0.306. The Balaban J connectivity index is 2.43. The molecule has 1 heterocycles. The Labute approximate surface area is 114 Å². The molecule has 1 saturated heterocycles. The van der Waals surface area contributed by atoms with Crippen LogP contribution in [0.5, 0.6) is 0 Å². The van der Waals surface area contributed by atoms with Gasteiger partial charge in [0.25, 0.3) is 0 Å². The van der Waals surface area contributed by atoms with Crippen molar-refractivity contribution in [2.24, 2.45) is 0 Å². The largest absolute Gasteiger partial charge is 0.389 e. The minimum atomic E-state index is -0.539. The first-order chi connectivity index (χ1) is 9.17. The third kappa shape index (κ3) is 2.89. The molecule has 1 aliphatic rings. The van der Waals surface area contributed by atoms with E-state index in [9.17, 15) is 5.11 Å². The Bertz CT molecular complexity index is 480. The van der Waals surface area contributed by atoms with Crippen molar-refractivity contribution in [3.05, 3.63) is 29.3 Å². The number of nitrogens with zero attached hydrogens (tertiary/aromatic N) is 2. The standard InChI is InChI=1S/C15H20N2O2/c1-3-13-10-19-7-6-17(13)15-8-12(9-16)4-5-14(15)11(2)18/h4-5,8,11,13,18H,3,6-7,10H2,1-2H3. The highest BCUT2D eigenvalue weighted by Crippen LogP contribution is 2.30. The van der Waals surface area contributed by atoms with Crippen molar-refractivity contribution in [2.45, 2.75) is 32.4 Å². The molecule has 0 radical (unpaired) electrons. The Morgan fingerprint density at radius 3 is 3.00 bits per heavy atom. The molecule has 1 aromatic rings. The molecule has 4 nitrogen and oxygen atoms in total. The van der Waals surface area contributed by atoms with Gasteiger partial charge in [0.2, 0.25) is 0 Å². The normalized spacial score (nSPS) is 20.9. The summed E-state index contributed by atoms with van der Waals surface area (Å²) < 4.78 is 5.51. The molecule has 0 bridgehead atoms. The summed E-state index contributed by atoms with van der Waals surface area (Å²) >= 11 is 0. The maximum absolute atomic E-state index is 9.92. The topological polar surface area (TPSA) is 56.5 Å². The molecule has 2 rings (SSSR count). The van der Waals surface area contributed by atoms with E-state index in [2.05, 4.69) is 17.9 Å². The summed E-state index contributed by atoms with van der Waals surface area (Å²) in [6.07, 6.45) is 0.443. The molecule has 0 spiro atoms. The van der Waals surface area contributed by atoms with Crippen LogP contribution in [0.3, 0.4) is 0 Å². The number of nitriles is 1. The smallest absolute Gasteiger partial charge is 0.0992 e. The number of rotatable bonds is 3. The first kappa shape index (κ1) is 13.9. The maximum atomic E-state index is 9.92. The zero-order chi connectivity index (χ0) is 13.8. The van der Waals surface area contributed by atoms with Crippen molar-refractivity contribution >= 4 is 5.69 Å². The SMILES string of the molecule is CCC1COCCN1c1cc(C#N)ccc1C(C)O. The third-order valence-corrected chi connectivity index (χ3v) is 3.62. The van der Waals surface area contributed by atoms with Crippen LogP contribution in [-0.2, 0) is 4.74 Å². The Morgan fingerprint density at radius 1 is 1.58 bits per heavy atom. The van der Waals surface area contributed by atoms with E-state index in [0.29, 0.717) is 24.8 Å². The van der Waals surface area contributed by atoms with Crippen LogP contribution >= 0.6 is 0 Å². The third-order valence-electron chi connectivity index (χ3n) is 3.62. The van der Waals surface area contributed by atoms with Gasteiger partial charge in [-0.25, -0.2) is 0 Å². The van der Waals surface area contributed by atoms with Gasteiger partial charge in [0, 0.05) is 17.8 Å². The second-order valence-electron chi connectivity index (χ2n) is 4.89. The van der Waals surface area contributed by atoms with Crippen molar-refractivity contribution in [2.75, 3.05) is 24.7 Å². The average Bonchev–Trinajstić information content (AvgIpc) is 2.46. The number of morpholine rings is 1. The van der Waals surface area contributed by atoms with E-state index in [1.807, 2.05) is 12.1 Å². The van der Waals surface area contributed by atoms with Gasteiger partial charge in [-0.1, -0.05) is 13.0 Å². The van der Waals surface area contributed by atoms with Crippen molar-refractivity contribution in [1.82, 2.24) is 0 Å². The number of benzene rings is 1. The molecule has 102 valence electrons. The molecule has 4 heteroatoms. The van der Waals surface area contributed by atoms with Gasteiger partial charge < -0.3 is 14.7 Å². The van der Waals surface area contributed by atoms with Crippen LogP contribution in [0.4, 0.5) is 5.69 Å². The van der Waals surface area contributed by atoms with Crippen LogP contribution in [0.25, 0.3) is 0 Å². The number of anilines is 1. The van der Waals surface area contributed by atoms with E-state index >= 15 is 0 Å². The van der Waals surface area contributed by atoms with Gasteiger partial charge in [-0.05, 0) is 25.5 Å². The molecule has 1 N–H and O–H groups in total. The van der Waals surface area contributed by atoms with E-state index in [-0.39, 0.29) is 0 Å². The summed E-state index contributed by atoms with van der Waals surface area (Å²) in [4.78, 5) is 2.26. The molecule has 1 aromatic carbocycles. The van der Waals surface area contributed by atoms with Crippen LogP contribution in [-0.4, -0.2) is 30.9 Å². The average molecular weight is 260 g/mol. The summed E-state index contributed by atoms with van der Waals surface area (Å²) in [6.45, 7) is 6.07. The molecule has 2 unspecified atom stereocenters. The second kappa shape index (κ2) is 6.05. The lowest BCUT2D eigenvalue weighted by Gasteiger charge is -2.38. The van der Waals surface area contributed by atoms with Gasteiger partial charge in [0.15, 0.2) is 0 Å². The lowest BCUT2D eigenvalue weighted by molar-refractivity contribution is 0.0925. The van der Waals surface area contributed by atoms with Crippen LogP contribution in [0, 0.1) is 11.3 Å². The Morgan fingerprint density at radius 2 is 2.37 bits per heavy atom. The molecule has 2 atom stereocenters. The summed E-state index contributed by atoms with van der Waals surface area (Å²) in [6, 6.07) is 7.95. The first-order valence-electron chi connectivity index (χ1n) is 6.73. The zero-order valence-electron chi connectivity index (χ0n) is 11.5. The summed E-state index contributed by atoms with van der Waals surface area (Å²) in [7, 11) is 0. The molecule has 0 saturated carbocycles. The fourth-order valence-corrected chi connectivity index (χ4v) is 2.53. The van der Waals surface area contributed by atoms with Crippen molar-refractivity contribution in [1.29, 1.82) is 5.26 Å². The van der Waals surface area contributed by atoms with Crippen molar-refractivity contribution in [3.8, 4) is 6.07 Å². The van der Waals surface area contributed by atoms with E-state index in [0.717, 1.165) is 24.2 Å². The second-order valence-corrected chi connectivity index (χ2v) is 4.89. The zero-order valence-corrected chi connectivity index (χ0v) is 11.5. The van der Waals surface area contributed by atoms with Crippen LogP contribution in [0.15, 0.2) is 18.2 Å². The fraction of sp³-hybridized carbons (Fsp3) is 0.533. The van der Waals surface area contributed by atoms with Gasteiger partial charge in [0.05, 0.1) is 37.0 Å². The monoisotopic (exact) mass is 260 g/mol. The minimum Gasteiger partial charge on any atom is -0.389 e. The molecule has 19 heavy (non-hydrogen) atoms. The predicted molar refractivity (Wildman–Crippen MR) is 74.0 cm³/mol. The van der Waals surface area contributed by atoms with Gasteiger partial charge in [0.1, 0.15) is 0 Å². The lowest BCUT2D eigenvalue weighted by atomic mass is 10.0. The lowest BCUT2D eigenvalue weighted by Crippen LogP contribution is -2.45. The van der Waals surface area contributed by atoms with Gasteiger partial charge in [-0.2, -0.15) is 5.26 Å². The highest BCUT2D eigenvalue weighted by atomic mass is 16.5. The summed E-state index contributed by atoms with van der Waals surface area (Å²) in [5.41, 5.74) is 2.46. The maximum Gasteiger partial charge on any atom is 0.0992 e. The first-order valence-corrected chi connectivity index (χ1v) is 6.73. The van der Waals surface area contributed by atoms with E-state index in [4.69, 9.17) is 10.00 Å². The Hall–Kier alpha value is -1.57. The molecule has 0 aliphatic carbocycles. The van der Waals surface area contributed by atoms with Crippen molar-refractivity contribution < 1.29 is 9.84 Å². The number of hydrogen-bond donors (Lipinski definition) is 1. The molecule has 1 aliphatic heterocycles. The number of hydrogen-bond acceptors (Lipinski definition) is 4. The van der Waals surface area contributed by atoms with E-state index < -0.39 is 6.10 Å². The quantitative estimate of drug-likeness (QED) is 0.905. The van der Waals surface area contributed by atoms with Crippen LogP contribution < -0.4 is 4.90 Å². The molecular formula is C15H20N2O2.